The summed E-state index contributed by atoms with van der Waals surface area (Å²) in [5.74, 6) is 0.184. The zero-order chi connectivity index (χ0) is 33.5. The van der Waals surface area contributed by atoms with E-state index < -0.39 is 23.5 Å². The molecule has 7 heteroatoms. The Morgan fingerprint density at radius 2 is 1.73 bits per heavy atom. The van der Waals surface area contributed by atoms with Gasteiger partial charge in [-0.05, 0) is 91.3 Å². The van der Waals surface area contributed by atoms with Gasteiger partial charge in [0.1, 0.15) is 12.2 Å². The van der Waals surface area contributed by atoms with E-state index in [-0.39, 0.29) is 51.0 Å². The first-order chi connectivity index (χ1) is 20.7. The summed E-state index contributed by atoms with van der Waals surface area (Å²) in [4.78, 5) is 25.9. The molecule has 0 aromatic rings. The van der Waals surface area contributed by atoms with Crippen LogP contribution in [-0.2, 0) is 23.8 Å². The van der Waals surface area contributed by atoms with Crippen LogP contribution in [0.15, 0.2) is 11.6 Å². The minimum atomic E-state index is -0.642. The molecule has 4 fully saturated rings. The zero-order valence-corrected chi connectivity index (χ0v) is 30.1. The monoisotopic (exact) mass is 629 g/mol. The molecule has 0 unspecified atom stereocenters. The minimum Gasteiger partial charge on any atom is -0.481 e. The van der Waals surface area contributed by atoms with Crippen LogP contribution in [0.25, 0.3) is 0 Å². The quantitative estimate of drug-likeness (QED) is 0.215. The van der Waals surface area contributed by atoms with Crippen molar-refractivity contribution in [1.29, 1.82) is 0 Å². The zero-order valence-electron chi connectivity index (χ0n) is 30.1. The number of fused-ring (bicyclic) bond motifs is 3. The van der Waals surface area contributed by atoms with Crippen LogP contribution in [-0.4, -0.2) is 54.6 Å². The Morgan fingerprint density at radius 1 is 1.07 bits per heavy atom. The second-order valence-electron chi connectivity index (χ2n) is 18.1. The molecule has 0 aromatic heterocycles. The highest BCUT2D eigenvalue weighted by Crippen LogP contribution is 2.75. The Morgan fingerprint density at radius 3 is 2.31 bits per heavy atom. The number of esters is 1. The molecule has 256 valence electrons. The predicted octanol–water partition coefficient (Wildman–Crippen LogP) is 7.27. The molecule has 5 rings (SSSR count). The Labute approximate surface area is 272 Å². The van der Waals surface area contributed by atoms with Crippen molar-refractivity contribution in [3.8, 4) is 0 Å². The average Bonchev–Trinajstić information content (AvgIpc) is 2.92. The number of aliphatic carboxylic acids is 1. The van der Waals surface area contributed by atoms with Gasteiger partial charge >= 0.3 is 11.9 Å². The van der Waals surface area contributed by atoms with Crippen LogP contribution < -0.4 is 5.73 Å². The van der Waals surface area contributed by atoms with Crippen LogP contribution >= 0.6 is 0 Å². The topological polar surface area (TPSA) is 108 Å². The summed E-state index contributed by atoms with van der Waals surface area (Å²) in [7, 11) is 0. The van der Waals surface area contributed by atoms with E-state index in [1.807, 2.05) is 6.92 Å². The van der Waals surface area contributed by atoms with Gasteiger partial charge in [-0.25, -0.2) is 0 Å². The third kappa shape index (κ3) is 4.98. The summed E-state index contributed by atoms with van der Waals surface area (Å²) in [6, 6.07) is 0. The van der Waals surface area contributed by atoms with Gasteiger partial charge in [0.15, 0.2) is 0 Å². The van der Waals surface area contributed by atoms with Crippen molar-refractivity contribution in [3.05, 3.63) is 11.6 Å². The van der Waals surface area contributed by atoms with E-state index in [0.717, 1.165) is 32.1 Å². The highest BCUT2D eigenvalue weighted by molar-refractivity contribution is 5.73. The number of allylic oxidation sites excluding steroid dienone is 1. The molecule has 0 amide bonds. The second-order valence-corrected chi connectivity index (χ2v) is 18.1. The number of hydrogen-bond donors (Lipinski definition) is 2. The molecule has 7 nitrogen and oxygen atoms in total. The van der Waals surface area contributed by atoms with Gasteiger partial charge in [0, 0.05) is 23.3 Å². The molecule has 5 aliphatic rings. The Balaban J connectivity index is 1.58. The maximum Gasteiger partial charge on any atom is 0.307 e. The van der Waals surface area contributed by atoms with Crippen LogP contribution in [0.3, 0.4) is 0 Å². The Hall–Kier alpha value is -1.44. The molecule has 3 N–H and O–H groups in total. The van der Waals surface area contributed by atoms with Gasteiger partial charge in [0.2, 0.25) is 0 Å². The van der Waals surface area contributed by atoms with Crippen LogP contribution in [0.1, 0.15) is 115 Å². The molecule has 1 aliphatic heterocycles. The van der Waals surface area contributed by atoms with E-state index in [2.05, 4.69) is 68.4 Å². The molecule has 0 spiro atoms. The molecule has 0 radical (unpaired) electrons. The Bertz CT molecular complexity index is 1210. The van der Waals surface area contributed by atoms with Gasteiger partial charge in [-0.15, -0.1) is 0 Å². The van der Waals surface area contributed by atoms with Gasteiger partial charge in [-0.3, -0.25) is 9.59 Å². The van der Waals surface area contributed by atoms with Crippen molar-refractivity contribution in [1.82, 2.24) is 0 Å². The number of nitrogens with two attached hydrogens (primary N) is 1. The molecule has 45 heavy (non-hydrogen) atoms. The Kier molecular flexibility index (Phi) is 8.78. The van der Waals surface area contributed by atoms with E-state index in [9.17, 15) is 14.7 Å². The van der Waals surface area contributed by atoms with Crippen molar-refractivity contribution < 1.29 is 28.9 Å². The van der Waals surface area contributed by atoms with Gasteiger partial charge in [-0.1, -0.05) is 74.0 Å². The summed E-state index contributed by atoms with van der Waals surface area (Å²) < 4.78 is 19.5. The fourth-order valence-corrected chi connectivity index (χ4v) is 11.6. The highest BCUT2D eigenvalue weighted by atomic mass is 16.6. The lowest BCUT2D eigenvalue weighted by atomic mass is 9.34. The lowest BCUT2D eigenvalue weighted by Gasteiger charge is -2.71. The largest absolute Gasteiger partial charge is 0.481 e. The van der Waals surface area contributed by atoms with Crippen LogP contribution in [0.4, 0.5) is 0 Å². The van der Waals surface area contributed by atoms with E-state index in [4.69, 9.17) is 19.9 Å². The number of carboxylic acid groups (broad SMARTS) is 1. The number of carbonyl (C=O) groups excluding carboxylic acids is 1. The third-order valence-corrected chi connectivity index (χ3v) is 15.3. The fraction of sp³-hybridized carbons (Fsp3) is 0.895. The number of rotatable bonds is 8. The number of hydrogen-bond acceptors (Lipinski definition) is 6. The summed E-state index contributed by atoms with van der Waals surface area (Å²) in [6.45, 7) is 25.3. The number of carboxylic acids is 1. The number of ether oxygens (including phenoxy) is 3. The standard InChI is InChI=1S/C38H63NO6/c1-22(2)24(5)33(7)16-17-35(9)26-12-13-29-34(8)19-43-21-38(29,27(26)14-15-36(35,10)30(33)32(41)42)18-28(45-25(6)40)31(34)44-20-37(11,39)23(3)4/h14,22-24,26,28-31H,12-13,15-21,39H2,1-11H3,(H,41,42)/t24-,26+,28-,29+,30-,31+,33-,34+,35-,36+,37+,38+/m1/s1. The highest BCUT2D eigenvalue weighted by Gasteiger charge is 2.72. The molecule has 4 aliphatic carbocycles. The smallest absolute Gasteiger partial charge is 0.307 e. The van der Waals surface area contributed by atoms with E-state index in [0.29, 0.717) is 44.0 Å². The predicted molar refractivity (Wildman–Crippen MR) is 176 cm³/mol. The maximum absolute atomic E-state index is 13.3. The molecular formula is C38H63NO6. The molecule has 12 atom stereocenters. The molecule has 3 saturated carbocycles. The summed E-state index contributed by atoms with van der Waals surface area (Å²) >= 11 is 0. The third-order valence-electron chi connectivity index (χ3n) is 15.3. The fourth-order valence-electron chi connectivity index (χ4n) is 11.6. The van der Waals surface area contributed by atoms with E-state index in [1.165, 1.54) is 12.5 Å². The normalized spacial score (nSPS) is 46.3. The lowest BCUT2D eigenvalue weighted by molar-refractivity contribution is -0.269. The van der Waals surface area contributed by atoms with E-state index >= 15 is 0 Å². The van der Waals surface area contributed by atoms with Gasteiger partial charge in [-0.2, -0.15) is 0 Å². The van der Waals surface area contributed by atoms with Crippen molar-refractivity contribution in [3.63, 3.8) is 0 Å². The van der Waals surface area contributed by atoms with Crippen molar-refractivity contribution >= 4 is 11.9 Å². The van der Waals surface area contributed by atoms with Crippen LogP contribution in [0.5, 0.6) is 0 Å². The van der Waals surface area contributed by atoms with E-state index in [1.54, 1.807) is 0 Å². The molecule has 1 saturated heterocycles. The molecule has 2 bridgehead atoms. The number of carbonyl (C=O) groups is 2. The molecular weight excluding hydrogens is 566 g/mol. The lowest BCUT2D eigenvalue weighted by Crippen LogP contribution is -2.70. The van der Waals surface area contributed by atoms with Crippen molar-refractivity contribution in [2.45, 2.75) is 132 Å². The van der Waals surface area contributed by atoms with Gasteiger partial charge in [0.05, 0.1) is 25.7 Å². The van der Waals surface area contributed by atoms with Crippen molar-refractivity contribution in [2.24, 2.45) is 68.3 Å². The van der Waals surface area contributed by atoms with Crippen molar-refractivity contribution in [2.75, 3.05) is 19.8 Å². The molecule has 0 aromatic carbocycles. The van der Waals surface area contributed by atoms with Crippen LogP contribution in [0, 0.1) is 62.6 Å². The summed E-state index contributed by atoms with van der Waals surface area (Å²) in [5.41, 5.74) is 6.19. The SMILES string of the molecule is CC(=O)O[C@@H]1C[C@@]23COC[C@@](C)([C@@H]2CC[C@H]2C3=CC[C@@]3(C)[C@H](C(=O)O)[C@@](C)([C@H](C)C(C)C)CC[C@]23C)[C@H]1OC[C@](C)(N)C(C)C. The first-order valence-corrected chi connectivity index (χ1v) is 17.8. The van der Waals surface area contributed by atoms with Crippen LogP contribution in [0.2, 0.25) is 0 Å². The average molecular weight is 630 g/mol. The summed E-state index contributed by atoms with van der Waals surface area (Å²) in [5, 5.41) is 11.0. The second kappa shape index (κ2) is 11.3. The maximum atomic E-state index is 13.3. The van der Waals surface area contributed by atoms with Gasteiger partial charge < -0.3 is 25.1 Å². The first kappa shape index (κ1) is 34.9. The van der Waals surface area contributed by atoms with Gasteiger partial charge in [0.25, 0.3) is 0 Å². The summed E-state index contributed by atoms with van der Waals surface area (Å²) in [6.07, 6.45) is 7.15. The minimum absolute atomic E-state index is 0.160. The first-order valence-electron chi connectivity index (χ1n) is 17.8. The molecule has 1 heterocycles.